The first-order valence-corrected chi connectivity index (χ1v) is 11.9. The van der Waals surface area contributed by atoms with Crippen LogP contribution in [0.4, 0.5) is 0 Å². The van der Waals surface area contributed by atoms with Crippen LogP contribution in [0.3, 0.4) is 0 Å². The minimum atomic E-state index is -0.331. The van der Waals surface area contributed by atoms with Crippen molar-refractivity contribution in [2.75, 3.05) is 0 Å². The molecule has 5 rings (SSSR count). The smallest absolute Gasteiger partial charge is 0.225 e. The lowest BCUT2D eigenvalue weighted by Gasteiger charge is -2.41. The number of carbonyl (C=O) groups is 2. The van der Waals surface area contributed by atoms with Gasteiger partial charge in [-0.2, -0.15) is 5.10 Å². The molecule has 2 heterocycles. The van der Waals surface area contributed by atoms with Crippen molar-refractivity contribution in [2.45, 2.75) is 32.0 Å². The fraction of sp³-hybridized carbons (Fsp3) is 0.207. The van der Waals surface area contributed by atoms with Crippen molar-refractivity contribution in [3.8, 4) is 5.69 Å². The summed E-state index contributed by atoms with van der Waals surface area (Å²) in [6.07, 6.45) is 4.59. The molecule has 6 heteroatoms. The zero-order valence-electron chi connectivity index (χ0n) is 19.5. The summed E-state index contributed by atoms with van der Waals surface area (Å²) in [5.74, 6) is -0.296. The van der Waals surface area contributed by atoms with Crippen LogP contribution in [-0.4, -0.2) is 26.5 Å². The van der Waals surface area contributed by atoms with Crippen LogP contribution in [0, 0.1) is 5.92 Å². The van der Waals surface area contributed by atoms with Gasteiger partial charge in [-0.25, -0.2) is 4.68 Å². The van der Waals surface area contributed by atoms with E-state index in [1.807, 2.05) is 102 Å². The van der Waals surface area contributed by atoms with E-state index in [4.69, 9.17) is 0 Å². The van der Waals surface area contributed by atoms with E-state index in [0.29, 0.717) is 25.9 Å². The summed E-state index contributed by atoms with van der Waals surface area (Å²) in [5.41, 5.74) is 3.92. The Morgan fingerprint density at radius 1 is 0.886 bits per heavy atom. The van der Waals surface area contributed by atoms with Crippen molar-refractivity contribution < 1.29 is 9.59 Å². The molecule has 0 saturated carbocycles. The second-order valence-corrected chi connectivity index (χ2v) is 8.85. The molecule has 0 aliphatic carbocycles. The molecule has 35 heavy (non-hydrogen) atoms. The quantitative estimate of drug-likeness (QED) is 0.432. The Kier molecular flexibility index (Phi) is 6.70. The highest BCUT2D eigenvalue weighted by molar-refractivity contribution is 5.85. The highest BCUT2D eigenvalue weighted by atomic mass is 16.2. The summed E-state index contributed by atoms with van der Waals surface area (Å²) in [6.45, 7) is 0.864. The molecular formula is C29H28N4O2. The fourth-order valence-corrected chi connectivity index (χ4v) is 4.75. The third-order valence-electron chi connectivity index (χ3n) is 6.50. The van der Waals surface area contributed by atoms with Crippen molar-refractivity contribution in [1.82, 2.24) is 20.0 Å². The van der Waals surface area contributed by atoms with Gasteiger partial charge in [-0.05, 0) is 29.7 Å². The van der Waals surface area contributed by atoms with Gasteiger partial charge in [-0.1, -0.05) is 78.9 Å². The second-order valence-electron chi connectivity index (χ2n) is 8.85. The van der Waals surface area contributed by atoms with E-state index in [0.717, 1.165) is 22.4 Å². The molecule has 1 aliphatic heterocycles. The van der Waals surface area contributed by atoms with Crippen LogP contribution in [0.25, 0.3) is 5.69 Å². The summed E-state index contributed by atoms with van der Waals surface area (Å²) < 4.78 is 1.80. The molecule has 6 nitrogen and oxygen atoms in total. The van der Waals surface area contributed by atoms with Crippen LogP contribution >= 0.6 is 0 Å². The molecule has 1 fully saturated rings. The van der Waals surface area contributed by atoms with Gasteiger partial charge in [0, 0.05) is 31.3 Å². The summed E-state index contributed by atoms with van der Waals surface area (Å²) >= 11 is 0. The molecule has 176 valence electrons. The summed E-state index contributed by atoms with van der Waals surface area (Å²) in [6, 6.07) is 29.4. The SMILES string of the molecule is O=C(NCc1cnn(-c2ccccc2)c1)C1CCC(=O)N(Cc2ccccc2)C1c1ccccc1. The minimum absolute atomic E-state index is 0.0446. The molecule has 4 aromatic rings. The minimum Gasteiger partial charge on any atom is -0.352 e. The van der Waals surface area contributed by atoms with Crippen molar-refractivity contribution in [1.29, 1.82) is 0 Å². The molecule has 1 saturated heterocycles. The number of nitrogens with zero attached hydrogens (tertiary/aromatic N) is 3. The molecular weight excluding hydrogens is 436 g/mol. The van der Waals surface area contributed by atoms with E-state index in [1.54, 1.807) is 10.9 Å². The Balaban J connectivity index is 1.34. The van der Waals surface area contributed by atoms with E-state index in [-0.39, 0.29) is 23.8 Å². The molecule has 2 unspecified atom stereocenters. The molecule has 1 N–H and O–H groups in total. The maximum Gasteiger partial charge on any atom is 0.225 e. The van der Waals surface area contributed by atoms with Crippen molar-refractivity contribution in [3.05, 3.63) is 120 Å². The monoisotopic (exact) mass is 464 g/mol. The summed E-state index contributed by atoms with van der Waals surface area (Å²) in [4.78, 5) is 28.4. The molecule has 0 bridgehead atoms. The maximum absolute atomic E-state index is 13.5. The number of likely N-dealkylation sites (tertiary alicyclic amines) is 1. The first-order valence-electron chi connectivity index (χ1n) is 11.9. The van der Waals surface area contributed by atoms with Gasteiger partial charge in [0.1, 0.15) is 0 Å². The molecule has 1 aromatic heterocycles. The van der Waals surface area contributed by atoms with Gasteiger partial charge in [-0.3, -0.25) is 9.59 Å². The Bertz CT molecular complexity index is 1270. The van der Waals surface area contributed by atoms with Gasteiger partial charge in [0.25, 0.3) is 0 Å². The lowest BCUT2D eigenvalue weighted by Crippen LogP contribution is -2.47. The number of piperidine rings is 1. The number of aromatic nitrogens is 2. The third-order valence-corrected chi connectivity index (χ3v) is 6.50. The molecule has 3 aromatic carbocycles. The lowest BCUT2D eigenvalue weighted by molar-refractivity contribution is -0.144. The number of hydrogen-bond acceptors (Lipinski definition) is 3. The van der Waals surface area contributed by atoms with Gasteiger partial charge >= 0.3 is 0 Å². The van der Waals surface area contributed by atoms with Crippen LogP contribution in [0.15, 0.2) is 103 Å². The molecule has 0 spiro atoms. The third kappa shape index (κ3) is 5.17. The van der Waals surface area contributed by atoms with Crippen molar-refractivity contribution >= 4 is 11.8 Å². The van der Waals surface area contributed by atoms with E-state index < -0.39 is 0 Å². The fourth-order valence-electron chi connectivity index (χ4n) is 4.75. The Labute approximate surface area is 205 Å². The highest BCUT2D eigenvalue weighted by Gasteiger charge is 2.40. The van der Waals surface area contributed by atoms with E-state index in [1.165, 1.54) is 0 Å². The number of nitrogens with one attached hydrogen (secondary N) is 1. The van der Waals surface area contributed by atoms with Crippen LogP contribution in [0.1, 0.15) is 35.6 Å². The van der Waals surface area contributed by atoms with Crippen LogP contribution in [0.5, 0.6) is 0 Å². The topological polar surface area (TPSA) is 67.2 Å². The van der Waals surface area contributed by atoms with Crippen molar-refractivity contribution in [2.24, 2.45) is 5.92 Å². The Morgan fingerprint density at radius 2 is 1.54 bits per heavy atom. The van der Waals surface area contributed by atoms with Gasteiger partial charge in [-0.15, -0.1) is 0 Å². The zero-order chi connectivity index (χ0) is 24.0. The lowest BCUT2D eigenvalue weighted by atomic mass is 9.83. The first-order chi connectivity index (χ1) is 17.2. The summed E-state index contributed by atoms with van der Waals surface area (Å²) in [7, 11) is 0. The van der Waals surface area contributed by atoms with Crippen molar-refractivity contribution in [3.63, 3.8) is 0 Å². The number of benzene rings is 3. The second kappa shape index (κ2) is 10.4. The molecule has 2 amide bonds. The van der Waals surface area contributed by atoms with Crippen LogP contribution in [-0.2, 0) is 22.7 Å². The Hall–Kier alpha value is -4.19. The predicted octanol–water partition coefficient (Wildman–Crippen LogP) is 4.67. The standard InChI is InChI=1S/C29H28N4O2/c34-27-17-16-26(29(35)30-18-23-19-31-33(21-23)25-14-8-3-9-15-25)28(24-12-6-2-7-13-24)32(27)20-22-10-4-1-5-11-22/h1-15,19,21,26,28H,16-18,20H2,(H,30,35). The average Bonchev–Trinajstić information content (AvgIpc) is 3.39. The van der Waals surface area contributed by atoms with E-state index in [2.05, 4.69) is 10.4 Å². The molecule has 2 atom stereocenters. The van der Waals surface area contributed by atoms with Gasteiger partial charge in [0.2, 0.25) is 11.8 Å². The van der Waals surface area contributed by atoms with Gasteiger partial charge < -0.3 is 10.2 Å². The van der Waals surface area contributed by atoms with Crippen LogP contribution < -0.4 is 5.32 Å². The first kappa shape index (κ1) is 22.6. The van der Waals surface area contributed by atoms with E-state index >= 15 is 0 Å². The van der Waals surface area contributed by atoms with Gasteiger partial charge in [0.05, 0.1) is 23.8 Å². The predicted molar refractivity (Wildman–Crippen MR) is 134 cm³/mol. The number of rotatable bonds is 7. The number of carbonyl (C=O) groups excluding carboxylic acids is 2. The molecule has 0 radical (unpaired) electrons. The zero-order valence-corrected chi connectivity index (χ0v) is 19.5. The molecule has 1 aliphatic rings. The number of amides is 2. The summed E-state index contributed by atoms with van der Waals surface area (Å²) in [5, 5.41) is 7.52. The number of hydrogen-bond donors (Lipinski definition) is 1. The average molecular weight is 465 g/mol. The maximum atomic E-state index is 13.5. The van der Waals surface area contributed by atoms with Gasteiger partial charge in [0.15, 0.2) is 0 Å². The highest BCUT2D eigenvalue weighted by Crippen LogP contribution is 2.38. The largest absolute Gasteiger partial charge is 0.352 e. The normalized spacial score (nSPS) is 17.8. The number of para-hydroxylation sites is 1. The van der Waals surface area contributed by atoms with Crippen LogP contribution in [0.2, 0.25) is 0 Å². The Morgan fingerprint density at radius 3 is 2.26 bits per heavy atom. The van der Waals surface area contributed by atoms with E-state index in [9.17, 15) is 9.59 Å².